The van der Waals surface area contributed by atoms with Crippen molar-refractivity contribution in [2.24, 2.45) is 0 Å². The minimum atomic E-state index is -0.204. The summed E-state index contributed by atoms with van der Waals surface area (Å²) in [5.41, 5.74) is 6.12. The Morgan fingerprint density at radius 3 is 2.94 bits per heavy atom. The van der Waals surface area contributed by atoms with Crippen LogP contribution in [0.1, 0.15) is 5.69 Å². The van der Waals surface area contributed by atoms with Crippen molar-refractivity contribution in [3.8, 4) is 0 Å². The molecule has 2 aromatic heterocycles. The summed E-state index contributed by atoms with van der Waals surface area (Å²) in [6.07, 6.45) is 0.169. The number of nitrogens with zero attached hydrogens (tertiary/aromatic N) is 2. The third-order valence-corrected chi connectivity index (χ3v) is 2.83. The second kappa shape index (κ2) is 5.11. The number of pyridine rings is 1. The molecule has 0 radical (unpaired) electrons. The summed E-state index contributed by atoms with van der Waals surface area (Å²) in [6, 6.07) is 5.02. The predicted octanol–water partition coefficient (Wildman–Crippen LogP) is 1.95. The van der Waals surface area contributed by atoms with Gasteiger partial charge >= 0.3 is 0 Å². The predicted molar refractivity (Wildman–Crippen MR) is 68.1 cm³/mol. The molecule has 88 valence electrons. The zero-order valence-electron chi connectivity index (χ0n) is 8.68. The lowest BCUT2D eigenvalue weighted by Crippen LogP contribution is -2.15. The Kier molecular flexibility index (Phi) is 3.55. The molecule has 0 spiro atoms. The highest BCUT2D eigenvalue weighted by Crippen LogP contribution is 2.13. The SMILES string of the molecule is Nc1nc(CC(=O)Nc2cccc(Cl)n2)cs1. The third kappa shape index (κ3) is 3.40. The molecule has 0 saturated heterocycles. The average molecular weight is 269 g/mol. The summed E-state index contributed by atoms with van der Waals surface area (Å²) in [4.78, 5) is 19.6. The Balaban J connectivity index is 1.98. The summed E-state index contributed by atoms with van der Waals surface area (Å²) >= 11 is 7.01. The van der Waals surface area contributed by atoms with E-state index in [1.807, 2.05) is 0 Å². The first-order valence-corrected chi connectivity index (χ1v) is 6.01. The Morgan fingerprint density at radius 2 is 2.29 bits per heavy atom. The van der Waals surface area contributed by atoms with E-state index in [9.17, 15) is 4.79 Å². The number of halogens is 1. The van der Waals surface area contributed by atoms with Crippen LogP contribution in [0.2, 0.25) is 5.15 Å². The second-order valence-electron chi connectivity index (χ2n) is 3.25. The molecule has 1 amide bonds. The highest BCUT2D eigenvalue weighted by Gasteiger charge is 2.07. The molecular weight excluding hydrogens is 260 g/mol. The molecule has 7 heteroatoms. The van der Waals surface area contributed by atoms with Gasteiger partial charge in [0, 0.05) is 5.38 Å². The first-order valence-electron chi connectivity index (χ1n) is 4.76. The molecule has 2 rings (SSSR count). The molecule has 17 heavy (non-hydrogen) atoms. The summed E-state index contributed by atoms with van der Waals surface area (Å²) in [5.74, 6) is 0.218. The van der Waals surface area contributed by atoms with Crippen LogP contribution in [-0.4, -0.2) is 15.9 Å². The van der Waals surface area contributed by atoms with E-state index in [0.717, 1.165) is 0 Å². The summed E-state index contributed by atoms with van der Waals surface area (Å²) in [6.45, 7) is 0. The quantitative estimate of drug-likeness (QED) is 0.834. The van der Waals surface area contributed by atoms with Gasteiger partial charge in [-0.25, -0.2) is 9.97 Å². The van der Waals surface area contributed by atoms with Crippen molar-refractivity contribution in [3.63, 3.8) is 0 Å². The van der Waals surface area contributed by atoms with E-state index < -0.39 is 0 Å². The minimum Gasteiger partial charge on any atom is -0.375 e. The van der Waals surface area contributed by atoms with Gasteiger partial charge in [0.25, 0.3) is 0 Å². The van der Waals surface area contributed by atoms with Gasteiger partial charge in [-0.2, -0.15) is 0 Å². The van der Waals surface area contributed by atoms with E-state index in [2.05, 4.69) is 15.3 Å². The fourth-order valence-electron chi connectivity index (χ4n) is 1.23. The van der Waals surface area contributed by atoms with E-state index in [-0.39, 0.29) is 12.3 Å². The molecule has 2 heterocycles. The number of hydrogen-bond donors (Lipinski definition) is 2. The molecule has 0 unspecified atom stereocenters. The standard InChI is InChI=1S/C10H9ClN4OS/c11-7-2-1-3-8(14-7)15-9(16)4-6-5-17-10(12)13-6/h1-3,5H,4H2,(H2,12,13)(H,14,15,16). The van der Waals surface area contributed by atoms with Crippen molar-refractivity contribution < 1.29 is 4.79 Å². The number of thiazole rings is 1. The van der Waals surface area contributed by atoms with Gasteiger partial charge in [0.2, 0.25) is 5.91 Å². The van der Waals surface area contributed by atoms with Gasteiger partial charge < -0.3 is 11.1 Å². The summed E-state index contributed by atoms with van der Waals surface area (Å²) in [5, 5.41) is 5.17. The van der Waals surface area contributed by atoms with E-state index in [4.69, 9.17) is 17.3 Å². The van der Waals surface area contributed by atoms with Gasteiger partial charge in [-0.15, -0.1) is 11.3 Å². The number of carbonyl (C=O) groups is 1. The van der Waals surface area contributed by atoms with Crippen molar-refractivity contribution in [1.29, 1.82) is 0 Å². The van der Waals surface area contributed by atoms with Crippen molar-refractivity contribution in [1.82, 2.24) is 9.97 Å². The van der Waals surface area contributed by atoms with Gasteiger partial charge in [0.15, 0.2) is 5.13 Å². The van der Waals surface area contributed by atoms with Gasteiger partial charge in [0.05, 0.1) is 12.1 Å². The van der Waals surface area contributed by atoms with E-state index >= 15 is 0 Å². The van der Waals surface area contributed by atoms with Crippen LogP contribution >= 0.6 is 22.9 Å². The number of rotatable bonds is 3. The maximum Gasteiger partial charge on any atom is 0.231 e. The van der Waals surface area contributed by atoms with Crippen molar-refractivity contribution in [2.45, 2.75) is 6.42 Å². The second-order valence-corrected chi connectivity index (χ2v) is 4.52. The summed E-state index contributed by atoms with van der Waals surface area (Å²) < 4.78 is 0. The van der Waals surface area contributed by atoms with Crippen LogP contribution in [0.4, 0.5) is 10.9 Å². The lowest BCUT2D eigenvalue weighted by Gasteiger charge is -2.02. The zero-order chi connectivity index (χ0) is 12.3. The number of aromatic nitrogens is 2. The van der Waals surface area contributed by atoms with Crippen LogP contribution in [0.3, 0.4) is 0 Å². The molecule has 0 aromatic carbocycles. The Hall–Kier alpha value is -1.66. The average Bonchev–Trinajstić information content (AvgIpc) is 2.63. The largest absolute Gasteiger partial charge is 0.375 e. The molecule has 0 aliphatic heterocycles. The molecular formula is C10H9ClN4OS. The number of nitrogen functional groups attached to an aromatic ring is 1. The van der Waals surface area contributed by atoms with E-state index in [1.54, 1.807) is 23.6 Å². The van der Waals surface area contributed by atoms with Crippen molar-refractivity contribution >= 4 is 39.8 Å². The monoisotopic (exact) mass is 268 g/mol. The maximum atomic E-state index is 11.6. The molecule has 0 fully saturated rings. The molecule has 0 atom stereocenters. The van der Waals surface area contributed by atoms with Crippen LogP contribution in [0.5, 0.6) is 0 Å². The van der Waals surface area contributed by atoms with Gasteiger partial charge in [-0.05, 0) is 12.1 Å². The molecule has 5 nitrogen and oxygen atoms in total. The normalized spacial score (nSPS) is 10.2. The number of carbonyl (C=O) groups excluding carboxylic acids is 1. The number of nitrogens with two attached hydrogens (primary N) is 1. The number of anilines is 2. The maximum absolute atomic E-state index is 11.6. The van der Waals surface area contributed by atoms with Gasteiger partial charge in [-0.1, -0.05) is 17.7 Å². The topological polar surface area (TPSA) is 80.9 Å². The van der Waals surface area contributed by atoms with Crippen LogP contribution in [0, 0.1) is 0 Å². The Morgan fingerprint density at radius 1 is 1.47 bits per heavy atom. The first kappa shape index (κ1) is 11.8. The fraction of sp³-hybridized carbons (Fsp3) is 0.100. The smallest absolute Gasteiger partial charge is 0.231 e. The summed E-state index contributed by atoms with van der Waals surface area (Å²) in [7, 11) is 0. The van der Waals surface area contributed by atoms with Crippen LogP contribution in [-0.2, 0) is 11.2 Å². The first-order chi connectivity index (χ1) is 8.13. The molecule has 0 aliphatic carbocycles. The van der Waals surface area contributed by atoms with E-state index in [1.165, 1.54) is 11.3 Å². The Bertz CT molecular complexity index is 543. The Labute approximate surface area is 107 Å². The van der Waals surface area contributed by atoms with Gasteiger partial charge in [-0.3, -0.25) is 4.79 Å². The van der Waals surface area contributed by atoms with E-state index in [0.29, 0.717) is 21.8 Å². The zero-order valence-corrected chi connectivity index (χ0v) is 10.3. The number of hydrogen-bond acceptors (Lipinski definition) is 5. The highest BCUT2D eigenvalue weighted by molar-refractivity contribution is 7.13. The van der Waals surface area contributed by atoms with Crippen LogP contribution < -0.4 is 11.1 Å². The number of nitrogens with one attached hydrogen (secondary N) is 1. The van der Waals surface area contributed by atoms with Crippen LogP contribution in [0.15, 0.2) is 23.6 Å². The molecule has 0 aliphatic rings. The fourth-order valence-corrected chi connectivity index (χ4v) is 1.96. The minimum absolute atomic E-state index is 0.169. The molecule has 0 bridgehead atoms. The molecule has 2 aromatic rings. The lowest BCUT2D eigenvalue weighted by molar-refractivity contribution is -0.115. The molecule has 0 saturated carbocycles. The van der Waals surface area contributed by atoms with Gasteiger partial charge in [0.1, 0.15) is 11.0 Å². The highest BCUT2D eigenvalue weighted by atomic mass is 35.5. The van der Waals surface area contributed by atoms with Crippen molar-refractivity contribution in [3.05, 3.63) is 34.4 Å². The third-order valence-electron chi connectivity index (χ3n) is 1.89. The lowest BCUT2D eigenvalue weighted by atomic mass is 10.3. The van der Waals surface area contributed by atoms with Crippen LogP contribution in [0.25, 0.3) is 0 Å². The van der Waals surface area contributed by atoms with Crippen molar-refractivity contribution in [2.75, 3.05) is 11.1 Å². The molecule has 3 N–H and O–H groups in total. The number of amides is 1.